The average Bonchev–Trinajstić information content (AvgIpc) is 3.26. The van der Waals surface area contributed by atoms with Gasteiger partial charge in [-0.2, -0.15) is 0 Å². The third kappa shape index (κ3) is 3.29. The number of carbonyl (C=O) groups is 2. The number of rotatable bonds is 5. The Labute approximate surface area is 172 Å². The molecule has 7 heteroatoms. The highest BCUT2D eigenvalue weighted by Gasteiger charge is 2.40. The van der Waals surface area contributed by atoms with Gasteiger partial charge in [0, 0.05) is 22.3 Å². The standard InChI is InChI=1S/C21H25N3O2S2/c22-20(26)18-13-3-1-2-4-16(13)28-21(18)23-17(25)11-24-9-7-15-14(8-10-27-15)19(24)12-5-6-12/h8,10,12,19H,1-7,9,11H2,(H2,22,26)(H,23,25)/t19-/m1/s1. The first-order valence-corrected chi connectivity index (χ1v) is 11.9. The Kier molecular flexibility index (Phi) is 4.77. The normalized spacial score (nSPS) is 21.8. The third-order valence-electron chi connectivity index (χ3n) is 6.20. The van der Waals surface area contributed by atoms with Gasteiger partial charge in [-0.25, -0.2) is 0 Å². The molecular formula is C21H25N3O2S2. The van der Waals surface area contributed by atoms with Crippen LogP contribution in [-0.4, -0.2) is 29.8 Å². The maximum Gasteiger partial charge on any atom is 0.251 e. The third-order valence-corrected chi connectivity index (χ3v) is 8.41. The molecule has 3 heterocycles. The Morgan fingerprint density at radius 3 is 2.79 bits per heavy atom. The van der Waals surface area contributed by atoms with Gasteiger partial charge >= 0.3 is 0 Å². The van der Waals surface area contributed by atoms with Crippen LogP contribution < -0.4 is 11.1 Å². The summed E-state index contributed by atoms with van der Waals surface area (Å²) in [4.78, 5) is 30.0. The van der Waals surface area contributed by atoms with E-state index in [4.69, 9.17) is 5.73 Å². The van der Waals surface area contributed by atoms with Crippen LogP contribution in [0.1, 0.15) is 63.0 Å². The summed E-state index contributed by atoms with van der Waals surface area (Å²) in [6.07, 6.45) is 7.60. The van der Waals surface area contributed by atoms with Crippen LogP contribution in [0.25, 0.3) is 0 Å². The highest BCUT2D eigenvalue weighted by atomic mass is 32.1. The zero-order chi connectivity index (χ0) is 19.3. The fourth-order valence-corrected chi connectivity index (χ4v) is 7.03. The quantitative estimate of drug-likeness (QED) is 0.781. The van der Waals surface area contributed by atoms with Crippen molar-refractivity contribution in [2.45, 2.75) is 51.0 Å². The summed E-state index contributed by atoms with van der Waals surface area (Å²) in [5, 5.41) is 5.87. The Morgan fingerprint density at radius 1 is 1.18 bits per heavy atom. The van der Waals surface area contributed by atoms with Crippen LogP contribution in [-0.2, 0) is 24.1 Å². The molecule has 0 radical (unpaired) electrons. The summed E-state index contributed by atoms with van der Waals surface area (Å²) in [7, 11) is 0. The number of nitrogens with two attached hydrogens (primary N) is 1. The van der Waals surface area contributed by atoms with Gasteiger partial charge in [0.2, 0.25) is 5.91 Å². The largest absolute Gasteiger partial charge is 0.365 e. The predicted octanol–water partition coefficient (Wildman–Crippen LogP) is 3.74. The molecule has 148 valence electrons. The summed E-state index contributed by atoms with van der Waals surface area (Å²) in [6, 6.07) is 2.61. The summed E-state index contributed by atoms with van der Waals surface area (Å²) >= 11 is 3.38. The number of amides is 2. The van der Waals surface area contributed by atoms with Gasteiger partial charge in [-0.05, 0) is 73.4 Å². The number of thiophene rings is 2. The number of fused-ring (bicyclic) bond motifs is 2. The molecule has 2 aliphatic carbocycles. The van der Waals surface area contributed by atoms with E-state index in [0.29, 0.717) is 29.1 Å². The van der Waals surface area contributed by atoms with Crippen LogP contribution in [0.4, 0.5) is 5.00 Å². The zero-order valence-electron chi connectivity index (χ0n) is 15.8. The highest BCUT2D eigenvalue weighted by molar-refractivity contribution is 7.17. The van der Waals surface area contributed by atoms with Crippen LogP contribution in [0, 0.1) is 5.92 Å². The molecule has 2 aromatic rings. The van der Waals surface area contributed by atoms with Crippen molar-refractivity contribution in [2.24, 2.45) is 11.7 Å². The van der Waals surface area contributed by atoms with E-state index < -0.39 is 5.91 Å². The minimum atomic E-state index is -0.425. The molecule has 28 heavy (non-hydrogen) atoms. The van der Waals surface area contributed by atoms with E-state index >= 15 is 0 Å². The summed E-state index contributed by atoms with van der Waals surface area (Å²) < 4.78 is 0. The van der Waals surface area contributed by atoms with Crippen LogP contribution >= 0.6 is 22.7 Å². The molecule has 5 rings (SSSR count). The monoisotopic (exact) mass is 415 g/mol. The second-order valence-electron chi connectivity index (χ2n) is 8.13. The van der Waals surface area contributed by atoms with E-state index in [1.54, 1.807) is 11.3 Å². The van der Waals surface area contributed by atoms with Crippen LogP contribution in [0.15, 0.2) is 11.4 Å². The minimum Gasteiger partial charge on any atom is -0.365 e. The highest BCUT2D eigenvalue weighted by Crippen LogP contribution is 2.48. The molecular weight excluding hydrogens is 390 g/mol. The van der Waals surface area contributed by atoms with Gasteiger partial charge in [0.1, 0.15) is 5.00 Å². The number of nitrogens with one attached hydrogen (secondary N) is 1. The lowest BCUT2D eigenvalue weighted by Gasteiger charge is -2.35. The van der Waals surface area contributed by atoms with E-state index in [1.807, 2.05) is 11.3 Å². The van der Waals surface area contributed by atoms with Gasteiger partial charge in [-0.3, -0.25) is 14.5 Å². The molecule has 5 nitrogen and oxygen atoms in total. The Bertz CT molecular complexity index is 928. The van der Waals surface area contributed by atoms with Crippen LogP contribution in [0.5, 0.6) is 0 Å². The van der Waals surface area contributed by atoms with Gasteiger partial charge in [0.25, 0.3) is 5.91 Å². The van der Waals surface area contributed by atoms with E-state index in [-0.39, 0.29) is 5.91 Å². The van der Waals surface area contributed by atoms with Gasteiger partial charge in [-0.1, -0.05) is 0 Å². The smallest absolute Gasteiger partial charge is 0.251 e. The zero-order valence-corrected chi connectivity index (χ0v) is 17.5. The second kappa shape index (κ2) is 7.28. The number of carbonyl (C=O) groups excluding carboxylic acids is 2. The van der Waals surface area contributed by atoms with E-state index in [1.165, 1.54) is 28.2 Å². The summed E-state index contributed by atoms with van der Waals surface area (Å²) in [5.74, 6) is 0.216. The van der Waals surface area contributed by atoms with Crippen molar-refractivity contribution >= 4 is 39.5 Å². The summed E-state index contributed by atoms with van der Waals surface area (Å²) in [5.41, 5.74) is 8.70. The van der Waals surface area contributed by atoms with Crippen molar-refractivity contribution in [3.63, 3.8) is 0 Å². The molecule has 1 saturated carbocycles. The maximum atomic E-state index is 12.9. The molecule has 0 bridgehead atoms. The van der Waals surface area contributed by atoms with E-state index in [2.05, 4.69) is 21.7 Å². The molecule has 0 aromatic carbocycles. The Hall–Kier alpha value is -1.70. The van der Waals surface area contributed by atoms with Crippen molar-refractivity contribution in [1.82, 2.24) is 4.90 Å². The van der Waals surface area contributed by atoms with Crippen molar-refractivity contribution in [1.29, 1.82) is 0 Å². The number of aryl methyl sites for hydroxylation is 1. The van der Waals surface area contributed by atoms with Gasteiger partial charge in [0.05, 0.1) is 12.1 Å². The Balaban J connectivity index is 1.34. The number of anilines is 1. The lowest BCUT2D eigenvalue weighted by molar-refractivity contribution is -0.118. The van der Waals surface area contributed by atoms with Crippen molar-refractivity contribution in [3.8, 4) is 0 Å². The van der Waals surface area contributed by atoms with Crippen LogP contribution in [0.3, 0.4) is 0 Å². The second-order valence-corrected chi connectivity index (χ2v) is 10.2. The molecule has 1 fully saturated rings. The van der Waals surface area contributed by atoms with E-state index in [0.717, 1.165) is 44.2 Å². The van der Waals surface area contributed by atoms with Crippen molar-refractivity contribution in [2.75, 3.05) is 18.4 Å². The SMILES string of the molecule is NC(=O)c1c(NC(=O)CN2CCc3sccc3[C@H]2C2CC2)sc2c1CCCC2. The number of hydrogen-bond donors (Lipinski definition) is 2. The molecule has 3 N–H and O–H groups in total. The molecule has 2 amide bonds. The number of hydrogen-bond acceptors (Lipinski definition) is 5. The molecule has 0 unspecified atom stereocenters. The molecule has 2 aromatic heterocycles. The van der Waals surface area contributed by atoms with Gasteiger partial charge in [0.15, 0.2) is 0 Å². The fraction of sp³-hybridized carbons (Fsp3) is 0.524. The molecule has 0 spiro atoms. The van der Waals surface area contributed by atoms with E-state index in [9.17, 15) is 9.59 Å². The number of primary amides is 1. The molecule has 0 saturated heterocycles. The minimum absolute atomic E-state index is 0.0366. The summed E-state index contributed by atoms with van der Waals surface area (Å²) in [6.45, 7) is 1.29. The molecule has 1 atom stereocenters. The number of nitrogens with zero attached hydrogens (tertiary/aromatic N) is 1. The first-order valence-electron chi connectivity index (χ1n) is 10.2. The van der Waals surface area contributed by atoms with Crippen molar-refractivity contribution in [3.05, 3.63) is 37.9 Å². The predicted molar refractivity (Wildman–Crippen MR) is 113 cm³/mol. The maximum absolute atomic E-state index is 12.9. The van der Waals surface area contributed by atoms with Crippen molar-refractivity contribution < 1.29 is 9.59 Å². The topological polar surface area (TPSA) is 75.4 Å². The van der Waals surface area contributed by atoms with Gasteiger partial charge in [-0.15, -0.1) is 22.7 Å². The fourth-order valence-electron chi connectivity index (χ4n) is 4.80. The first kappa shape index (κ1) is 18.3. The molecule has 3 aliphatic rings. The molecule has 1 aliphatic heterocycles. The van der Waals surface area contributed by atoms with Crippen LogP contribution in [0.2, 0.25) is 0 Å². The average molecular weight is 416 g/mol. The van der Waals surface area contributed by atoms with Gasteiger partial charge < -0.3 is 11.1 Å². The lowest BCUT2D eigenvalue weighted by atomic mass is 9.95. The first-order chi connectivity index (χ1) is 13.6. The Morgan fingerprint density at radius 2 is 2.00 bits per heavy atom. The lowest BCUT2D eigenvalue weighted by Crippen LogP contribution is -2.41.